The third-order valence-corrected chi connectivity index (χ3v) is 5.29. The Morgan fingerprint density at radius 1 is 0.900 bits per heavy atom. The third-order valence-electron chi connectivity index (χ3n) is 5.29. The summed E-state index contributed by atoms with van der Waals surface area (Å²) in [6, 6.07) is 14.4. The first-order valence-corrected chi connectivity index (χ1v) is 10.4. The van der Waals surface area contributed by atoms with Gasteiger partial charge in [0.1, 0.15) is 0 Å². The maximum Gasteiger partial charge on any atom is 0.255 e. The maximum atomic E-state index is 12.8. The molecule has 0 aliphatic carbocycles. The van der Waals surface area contributed by atoms with Crippen LogP contribution in [0.1, 0.15) is 53.0 Å². The van der Waals surface area contributed by atoms with Crippen molar-refractivity contribution in [2.45, 2.75) is 39.7 Å². The first-order chi connectivity index (χ1) is 14.3. The van der Waals surface area contributed by atoms with Gasteiger partial charge in [-0.15, -0.1) is 0 Å². The number of carbonyl (C=O) groups is 3. The van der Waals surface area contributed by atoms with Crippen LogP contribution in [0.15, 0.2) is 48.5 Å². The summed E-state index contributed by atoms with van der Waals surface area (Å²) >= 11 is 0. The lowest BCUT2D eigenvalue weighted by Crippen LogP contribution is -2.44. The Kier molecular flexibility index (Phi) is 6.87. The molecule has 0 saturated carbocycles. The van der Waals surface area contributed by atoms with E-state index in [1.54, 1.807) is 41.3 Å². The van der Waals surface area contributed by atoms with Crippen LogP contribution in [0, 0.1) is 12.8 Å². The molecule has 3 rings (SSSR count). The lowest BCUT2D eigenvalue weighted by Gasteiger charge is -2.31. The van der Waals surface area contributed by atoms with Crippen molar-refractivity contribution in [1.29, 1.82) is 0 Å². The van der Waals surface area contributed by atoms with Crippen molar-refractivity contribution in [3.63, 3.8) is 0 Å². The average molecular weight is 408 g/mol. The van der Waals surface area contributed by atoms with Crippen LogP contribution in [0.2, 0.25) is 0 Å². The number of likely N-dealkylation sites (tertiary alicyclic amines) is 1. The maximum absolute atomic E-state index is 12.8. The first-order valence-electron chi connectivity index (χ1n) is 10.4. The number of anilines is 1. The Hall–Kier alpha value is -3.15. The lowest BCUT2D eigenvalue weighted by molar-refractivity contribution is -0.126. The molecule has 6 heteroatoms. The average Bonchev–Trinajstić information content (AvgIpc) is 2.74. The number of carbonyl (C=O) groups excluding carboxylic acids is 3. The minimum atomic E-state index is -0.184. The quantitative estimate of drug-likeness (QED) is 0.795. The topological polar surface area (TPSA) is 78.5 Å². The zero-order chi connectivity index (χ0) is 21.7. The second-order valence-corrected chi connectivity index (χ2v) is 8.13. The number of amides is 3. The van der Waals surface area contributed by atoms with Crippen LogP contribution >= 0.6 is 0 Å². The Balaban J connectivity index is 1.54. The lowest BCUT2D eigenvalue weighted by atomic mass is 9.95. The number of aryl methyl sites for hydroxylation is 1. The van der Waals surface area contributed by atoms with Crippen molar-refractivity contribution in [2.24, 2.45) is 5.92 Å². The van der Waals surface area contributed by atoms with Gasteiger partial charge in [-0.3, -0.25) is 14.4 Å². The van der Waals surface area contributed by atoms with Crippen LogP contribution in [-0.4, -0.2) is 41.8 Å². The molecule has 0 radical (unpaired) electrons. The molecule has 6 nitrogen and oxygen atoms in total. The number of benzene rings is 2. The molecule has 0 bridgehead atoms. The van der Waals surface area contributed by atoms with E-state index >= 15 is 0 Å². The molecule has 0 aromatic heterocycles. The van der Waals surface area contributed by atoms with Gasteiger partial charge in [0.25, 0.3) is 11.8 Å². The molecule has 3 amide bonds. The fraction of sp³-hybridized carbons (Fsp3) is 0.375. The molecule has 158 valence electrons. The molecule has 30 heavy (non-hydrogen) atoms. The summed E-state index contributed by atoms with van der Waals surface area (Å²) in [5.41, 5.74) is 2.90. The molecule has 2 aromatic rings. The highest BCUT2D eigenvalue weighted by Crippen LogP contribution is 2.20. The van der Waals surface area contributed by atoms with E-state index in [0.29, 0.717) is 42.7 Å². The second-order valence-electron chi connectivity index (χ2n) is 8.13. The fourth-order valence-electron chi connectivity index (χ4n) is 3.53. The number of hydrogen-bond acceptors (Lipinski definition) is 3. The van der Waals surface area contributed by atoms with Gasteiger partial charge in [0.15, 0.2) is 0 Å². The molecule has 1 aliphatic rings. The number of nitrogens with zero attached hydrogens (tertiary/aromatic N) is 1. The third kappa shape index (κ3) is 5.47. The van der Waals surface area contributed by atoms with Crippen molar-refractivity contribution < 1.29 is 14.4 Å². The van der Waals surface area contributed by atoms with Gasteiger partial charge >= 0.3 is 0 Å². The Morgan fingerprint density at radius 3 is 2.03 bits per heavy atom. The van der Waals surface area contributed by atoms with Crippen LogP contribution in [0.5, 0.6) is 0 Å². The van der Waals surface area contributed by atoms with Gasteiger partial charge in [-0.1, -0.05) is 17.7 Å². The Labute approximate surface area is 177 Å². The normalized spacial score (nSPS) is 14.5. The standard InChI is InChI=1S/C24H29N3O3/c1-16(2)25-22(28)19-12-14-27(15-13-19)24(30)20-8-10-21(11-9-20)26-23(29)18-6-4-17(3)5-7-18/h4-11,16,19H,12-15H2,1-3H3,(H,25,28)(H,26,29). The van der Waals surface area contributed by atoms with Gasteiger partial charge < -0.3 is 15.5 Å². The van der Waals surface area contributed by atoms with E-state index in [9.17, 15) is 14.4 Å². The van der Waals surface area contributed by atoms with E-state index in [-0.39, 0.29) is 29.7 Å². The largest absolute Gasteiger partial charge is 0.354 e. The van der Waals surface area contributed by atoms with E-state index in [4.69, 9.17) is 0 Å². The Morgan fingerprint density at radius 2 is 1.47 bits per heavy atom. The molecule has 1 heterocycles. The zero-order valence-corrected chi connectivity index (χ0v) is 17.8. The SMILES string of the molecule is Cc1ccc(C(=O)Nc2ccc(C(=O)N3CCC(C(=O)NC(C)C)CC3)cc2)cc1. The van der Waals surface area contributed by atoms with Crippen molar-refractivity contribution in [1.82, 2.24) is 10.2 Å². The smallest absolute Gasteiger partial charge is 0.255 e. The number of nitrogens with one attached hydrogen (secondary N) is 2. The molecule has 1 fully saturated rings. The van der Waals surface area contributed by atoms with Crippen LogP contribution in [0.25, 0.3) is 0 Å². The summed E-state index contributed by atoms with van der Waals surface area (Å²) in [4.78, 5) is 39.0. The molecule has 0 atom stereocenters. The number of piperidine rings is 1. The summed E-state index contributed by atoms with van der Waals surface area (Å²) in [5, 5.41) is 5.80. The summed E-state index contributed by atoms with van der Waals surface area (Å²) in [6.45, 7) is 7.01. The molecule has 2 aromatic carbocycles. The summed E-state index contributed by atoms with van der Waals surface area (Å²) in [6.07, 6.45) is 1.35. The summed E-state index contributed by atoms with van der Waals surface area (Å²) in [5.74, 6) is -0.188. The highest BCUT2D eigenvalue weighted by Gasteiger charge is 2.28. The molecular weight excluding hydrogens is 378 g/mol. The van der Waals surface area contributed by atoms with E-state index in [1.807, 2.05) is 32.9 Å². The first kappa shape index (κ1) is 21.6. The highest BCUT2D eigenvalue weighted by atomic mass is 16.2. The van der Waals surface area contributed by atoms with Gasteiger partial charge in [0.2, 0.25) is 5.91 Å². The number of hydrogen-bond donors (Lipinski definition) is 2. The van der Waals surface area contributed by atoms with E-state index in [0.717, 1.165) is 5.56 Å². The number of rotatable bonds is 5. The molecule has 2 N–H and O–H groups in total. The minimum Gasteiger partial charge on any atom is -0.354 e. The van der Waals surface area contributed by atoms with Gasteiger partial charge in [0.05, 0.1) is 0 Å². The van der Waals surface area contributed by atoms with Crippen molar-refractivity contribution >= 4 is 23.4 Å². The monoisotopic (exact) mass is 407 g/mol. The van der Waals surface area contributed by atoms with Gasteiger partial charge in [0, 0.05) is 41.9 Å². The van der Waals surface area contributed by atoms with E-state index in [1.165, 1.54) is 0 Å². The predicted molar refractivity (Wildman–Crippen MR) is 117 cm³/mol. The Bertz CT molecular complexity index is 896. The van der Waals surface area contributed by atoms with Crippen LogP contribution in [-0.2, 0) is 4.79 Å². The van der Waals surface area contributed by atoms with E-state index in [2.05, 4.69) is 10.6 Å². The highest BCUT2D eigenvalue weighted by molar-refractivity contribution is 6.04. The molecule has 1 aliphatic heterocycles. The van der Waals surface area contributed by atoms with Crippen molar-refractivity contribution in [3.05, 3.63) is 65.2 Å². The van der Waals surface area contributed by atoms with Crippen LogP contribution in [0.4, 0.5) is 5.69 Å². The molecule has 1 saturated heterocycles. The van der Waals surface area contributed by atoms with Gasteiger partial charge in [-0.2, -0.15) is 0 Å². The minimum absolute atomic E-state index is 0.0317. The van der Waals surface area contributed by atoms with Crippen LogP contribution < -0.4 is 10.6 Å². The van der Waals surface area contributed by atoms with E-state index < -0.39 is 0 Å². The van der Waals surface area contributed by atoms with Gasteiger partial charge in [-0.25, -0.2) is 0 Å². The zero-order valence-electron chi connectivity index (χ0n) is 17.8. The summed E-state index contributed by atoms with van der Waals surface area (Å²) in [7, 11) is 0. The predicted octanol–water partition coefficient (Wildman–Crippen LogP) is 3.62. The molecule has 0 unspecified atom stereocenters. The second kappa shape index (κ2) is 9.57. The van der Waals surface area contributed by atoms with Gasteiger partial charge in [-0.05, 0) is 70.0 Å². The van der Waals surface area contributed by atoms with Crippen LogP contribution in [0.3, 0.4) is 0 Å². The van der Waals surface area contributed by atoms with Crippen molar-refractivity contribution in [3.8, 4) is 0 Å². The molecular formula is C24H29N3O3. The van der Waals surface area contributed by atoms with Crippen molar-refractivity contribution in [2.75, 3.05) is 18.4 Å². The molecule has 0 spiro atoms. The summed E-state index contributed by atoms with van der Waals surface area (Å²) < 4.78 is 0. The fourth-order valence-corrected chi connectivity index (χ4v) is 3.53.